The van der Waals surface area contributed by atoms with Crippen LogP contribution in [0.2, 0.25) is 0 Å². The average Bonchev–Trinajstić information content (AvgIpc) is 2.61. The minimum absolute atomic E-state index is 0.0703. The Kier molecular flexibility index (Phi) is 7.56. The van der Waals surface area contributed by atoms with Crippen molar-refractivity contribution in [3.05, 3.63) is 29.3 Å². The monoisotopic (exact) mass is 363 g/mol. The second-order valence-electron chi connectivity index (χ2n) is 6.48. The fourth-order valence-corrected chi connectivity index (χ4v) is 2.94. The van der Waals surface area contributed by atoms with Crippen LogP contribution < -0.4 is 15.4 Å². The molecule has 1 saturated heterocycles. The van der Waals surface area contributed by atoms with Crippen molar-refractivity contribution in [2.24, 2.45) is 0 Å². The average molecular weight is 363 g/mol. The Morgan fingerprint density at radius 1 is 1.23 bits per heavy atom. The number of hydrogen-bond acceptors (Lipinski definition) is 4. The van der Waals surface area contributed by atoms with E-state index in [4.69, 9.17) is 9.47 Å². The highest BCUT2D eigenvalue weighted by Gasteiger charge is 2.24. The van der Waals surface area contributed by atoms with Gasteiger partial charge in [0, 0.05) is 19.1 Å². The van der Waals surface area contributed by atoms with E-state index in [0.717, 1.165) is 24.2 Å². The maximum Gasteiger partial charge on any atom is 0.409 e. The molecule has 1 aliphatic heterocycles. The third-order valence-electron chi connectivity index (χ3n) is 4.33. The van der Waals surface area contributed by atoms with Gasteiger partial charge in [-0.2, -0.15) is 0 Å². The molecule has 144 valence electrons. The number of nitrogens with one attached hydrogen (secondary N) is 2. The number of rotatable bonds is 6. The first-order valence-electron chi connectivity index (χ1n) is 9.15. The second kappa shape index (κ2) is 9.89. The third kappa shape index (κ3) is 6.13. The topological polar surface area (TPSA) is 79.9 Å². The number of nitrogens with zero attached hydrogens (tertiary/aromatic N) is 1. The Labute approximate surface area is 155 Å². The van der Waals surface area contributed by atoms with Gasteiger partial charge in [-0.15, -0.1) is 0 Å². The highest BCUT2D eigenvalue weighted by atomic mass is 16.6. The van der Waals surface area contributed by atoms with Crippen LogP contribution in [0.1, 0.15) is 30.9 Å². The van der Waals surface area contributed by atoms with Crippen LogP contribution in [0.25, 0.3) is 0 Å². The van der Waals surface area contributed by atoms with Crippen molar-refractivity contribution in [3.63, 3.8) is 0 Å². The first kappa shape index (κ1) is 19.9. The number of hydrogen-bond donors (Lipinski definition) is 2. The maximum atomic E-state index is 12.0. The molecule has 0 radical (unpaired) electrons. The molecule has 7 heteroatoms. The van der Waals surface area contributed by atoms with Gasteiger partial charge < -0.3 is 25.0 Å². The normalized spacial score (nSPS) is 14.7. The molecule has 26 heavy (non-hydrogen) atoms. The number of amides is 3. The summed E-state index contributed by atoms with van der Waals surface area (Å²) in [6, 6.07) is 5.88. The van der Waals surface area contributed by atoms with Gasteiger partial charge in [0.25, 0.3) is 0 Å². The summed E-state index contributed by atoms with van der Waals surface area (Å²) >= 11 is 0. The molecule has 2 N–H and O–H groups in total. The summed E-state index contributed by atoms with van der Waals surface area (Å²) in [6.07, 6.45) is 1.18. The van der Waals surface area contributed by atoms with E-state index < -0.39 is 0 Å². The van der Waals surface area contributed by atoms with Crippen molar-refractivity contribution in [2.75, 3.05) is 32.8 Å². The van der Waals surface area contributed by atoms with Gasteiger partial charge in [-0.25, -0.2) is 9.59 Å². The molecule has 0 spiro atoms. The standard InChI is InChI=1S/C19H29N3O4/c1-4-25-19(24)22-10-7-16(8-11-22)21-18(23)20-9-12-26-17-6-5-14(2)13-15(17)3/h5-6,13,16H,4,7-12H2,1-3H3,(H2,20,21,23). The molecule has 1 aliphatic rings. The van der Waals surface area contributed by atoms with E-state index in [1.54, 1.807) is 11.8 Å². The zero-order valence-corrected chi connectivity index (χ0v) is 15.8. The maximum absolute atomic E-state index is 12.0. The number of urea groups is 1. The smallest absolute Gasteiger partial charge is 0.409 e. The fourth-order valence-electron chi connectivity index (χ4n) is 2.94. The van der Waals surface area contributed by atoms with Crippen LogP contribution in [0.15, 0.2) is 18.2 Å². The Balaban J connectivity index is 1.61. The Morgan fingerprint density at radius 3 is 2.62 bits per heavy atom. The minimum Gasteiger partial charge on any atom is -0.491 e. The second-order valence-corrected chi connectivity index (χ2v) is 6.48. The van der Waals surface area contributed by atoms with Gasteiger partial charge in [-0.3, -0.25) is 0 Å². The molecule has 1 fully saturated rings. The van der Waals surface area contributed by atoms with Gasteiger partial charge in [0.2, 0.25) is 0 Å². The van der Waals surface area contributed by atoms with Gasteiger partial charge in [-0.1, -0.05) is 17.7 Å². The number of benzene rings is 1. The van der Waals surface area contributed by atoms with Gasteiger partial charge in [0.15, 0.2) is 0 Å². The van der Waals surface area contributed by atoms with E-state index in [2.05, 4.69) is 16.7 Å². The fraction of sp³-hybridized carbons (Fsp3) is 0.579. The molecule has 1 aromatic rings. The predicted octanol–water partition coefficient (Wildman–Crippen LogP) is 2.60. The molecule has 0 bridgehead atoms. The summed E-state index contributed by atoms with van der Waals surface area (Å²) < 4.78 is 10.7. The lowest BCUT2D eigenvalue weighted by Gasteiger charge is -2.31. The van der Waals surface area contributed by atoms with Crippen LogP contribution >= 0.6 is 0 Å². The Bertz CT molecular complexity index is 613. The molecule has 0 saturated carbocycles. The number of likely N-dealkylation sites (tertiary alicyclic amines) is 1. The van der Waals surface area contributed by atoms with Crippen molar-refractivity contribution < 1.29 is 19.1 Å². The SMILES string of the molecule is CCOC(=O)N1CCC(NC(=O)NCCOc2ccc(C)cc2C)CC1. The first-order chi connectivity index (χ1) is 12.5. The Hall–Kier alpha value is -2.44. The molecule has 1 aromatic carbocycles. The Morgan fingerprint density at radius 2 is 1.96 bits per heavy atom. The van der Waals surface area contributed by atoms with Gasteiger partial charge in [0.05, 0.1) is 13.2 Å². The van der Waals surface area contributed by atoms with Crippen molar-refractivity contribution in [2.45, 2.75) is 39.7 Å². The van der Waals surface area contributed by atoms with E-state index in [-0.39, 0.29) is 18.2 Å². The summed E-state index contributed by atoms with van der Waals surface area (Å²) in [5.74, 6) is 0.837. The van der Waals surface area contributed by atoms with E-state index in [0.29, 0.717) is 32.8 Å². The lowest BCUT2D eigenvalue weighted by molar-refractivity contribution is 0.0957. The summed E-state index contributed by atoms with van der Waals surface area (Å²) in [5, 5.41) is 5.75. The molecule has 0 aromatic heterocycles. The van der Waals surface area contributed by atoms with Gasteiger partial charge in [-0.05, 0) is 45.2 Å². The van der Waals surface area contributed by atoms with Gasteiger partial charge >= 0.3 is 12.1 Å². The molecule has 3 amide bonds. The number of piperidine rings is 1. The van der Waals surface area contributed by atoms with Crippen LogP contribution in [0.4, 0.5) is 9.59 Å². The molecule has 0 atom stereocenters. The molecule has 2 rings (SSSR count). The summed E-state index contributed by atoms with van der Waals surface area (Å²) in [4.78, 5) is 25.3. The quantitative estimate of drug-likeness (QED) is 0.762. The molecule has 0 unspecified atom stereocenters. The third-order valence-corrected chi connectivity index (χ3v) is 4.33. The zero-order chi connectivity index (χ0) is 18.9. The highest BCUT2D eigenvalue weighted by Crippen LogP contribution is 2.18. The van der Waals surface area contributed by atoms with Crippen LogP contribution in [0.5, 0.6) is 5.75 Å². The van der Waals surface area contributed by atoms with Crippen molar-refractivity contribution in [3.8, 4) is 5.75 Å². The van der Waals surface area contributed by atoms with Crippen molar-refractivity contribution in [1.82, 2.24) is 15.5 Å². The number of aryl methyl sites for hydroxylation is 2. The van der Waals surface area contributed by atoms with E-state index >= 15 is 0 Å². The number of ether oxygens (including phenoxy) is 2. The summed E-state index contributed by atoms with van der Waals surface area (Å²) in [5.41, 5.74) is 2.28. The van der Waals surface area contributed by atoms with Crippen LogP contribution in [0, 0.1) is 13.8 Å². The van der Waals surface area contributed by atoms with Crippen molar-refractivity contribution in [1.29, 1.82) is 0 Å². The van der Waals surface area contributed by atoms with Crippen LogP contribution in [-0.4, -0.2) is 55.9 Å². The largest absolute Gasteiger partial charge is 0.491 e. The number of carbonyl (C=O) groups is 2. The summed E-state index contributed by atoms with van der Waals surface area (Å²) in [6.45, 7) is 8.26. The van der Waals surface area contributed by atoms with E-state index in [1.807, 2.05) is 26.0 Å². The molecular formula is C19H29N3O4. The highest BCUT2D eigenvalue weighted by molar-refractivity contribution is 5.74. The minimum atomic E-state index is -0.279. The molecule has 1 heterocycles. The summed E-state index contributed by atoms with van der Waals surface area (Å²) in [7, 11) is 0. The lowest BCUT2D eigenvalue weighted by Crippen LogP contribution is -2.49. The molecule has 0 aliphatic carbocycles. The van der Waals surface area contributed by atoms with Crippen LogP contribution in [-0.2, 0) is 4.74 Å². The van der Waals surface area contributed by atoms with E-state index in [9.17, 15) is 9.59 Å². The lowest BCUT2D eigenvalue weighted by atomic mass is 10.1. The zero-order valence-electron chi connectivity index (χ0n) is 15.8. The van der Waals surface area contributed by atoms with Crippen LogP contribution in [0.3, 0.4) is 0 Å². The molecule has 7 nitrogen and oxygen atoms in total. The van der Waals surface area contributed by atoms with Gasteiger partial charge in [0.1, 0.15) is 12.4 Å². The predicted molar refractivity (Wildman–Crippen MR) is 99.6 cm³/mol. The van der Waals surface area contributed by atoms with Crippen molar-refractivity contribution >= 4 is 12.1 Å². The number of carbonyl (C=O) groups excluding carboxylic acids is 2. The van der Waals surface area contributed by atoms with E-state index in [1.165, 1.54) is 5.56 Å². The first-order valence-corrected chi connectivity index (χ1v) is 9.15. The molecular weight excluding hydrogens is 334 g/mol.